The van der Waals surface area contributed by atoms with Gasteiger partial charge in [-0.05, 0) is 0 Å². The Kier molecular flexibility index (Phi) is 50.0. The van der Waals surface area contributed by atoms with Crippen molar-refractivity contribution in [1.82, 2.24) is 0 Å². The normalized spacial score (nSPS) is 7.57. The summed E-state index contributed by atoms with van der Waals surface area (Å²) in [6.45, 7) is 0.426. The molecule has 0 fully saturated rings. The lowest BCUT2D eigenvalue weighted by Gasteiger charge is -1.90. The minimum absolute atomic E-state index is 0.213. The molecule has 19 heteroatoms. The van der Waals surface area contributed by atoms with Crippen LogP contribution in [0.3, 0.4) is 0 Å². The van der Waals surface area contributed by atoms with Gasteiger partial charge in [0.25, 0.3) is 0 Å². The van der Waals surface area contributed by atoms with Gasteiger partial charge in [-0.15, -0.1) is 0 Å². The lowest BCUT2D eigenvalue weighted by Crippen LogP contribution is -1.98. The second kappa shape index (κ2) is 33.5. The summed E-state index contributed by atoms with van der Waals surface area (Å²) in [5, 5.41) is 71.9. The van der Waals surface area contributed by atoms with Crippen molar-refractivity contribution in [2.45, 2.75) is 0 Å². The average molecular weight is 377 g/mol. The Morgan fingerprint density at radius 2 is 0.652 bits per heavy atom. The summed E-state index contributed by atoms with van der Waals surface area (Å²) in [5.41, 5.74) is 0. The molecule has 23 heavy (non-hydrogen) atoms. The monoisotopic (exact) mass is 378 g/mol. The standard InChI is InChI=1S/C4H10O2S.4BFH2O2/c5-1-3-7-4-2-6;4*2-1(3)4/h5-6H,1-4H2;4*3-4H. The van der Waals surface area contributed by atoms with Crippen molar-refractivity contribution in [1.29, 1.82) is 0 Å². The van der Waals surface area contributed by atoms with Crippen molar-refractivity contribution in [3.63, 3.8) is 0 Å². The smallest absolute Gasteiger partial charge is 0.398 e. The maximum atomic E-state index is 10.1. The largest absolute Gasteiger partial charge is 0.674 e. The lowest BCUT2D eigenvalue weighted by molar-refractivity contribution is 0.318. The summed E-state index contributed by atoms with van der Waals surface area (Å²) >= 11 is 1.55. The number of hydrogen-bond donors (Lipinski definition) is 10. The summed E-state index contributed by atoms with van der Waals surface area (Å²) in [7, 11) is -10.7. The molecule has 0 aromatic heterocycles. The molecule has 0 saturated heterocycles. The third-order valence-corrected chi connectivity index (χ3v) is 1.41. The van der Waals surface area contributed by atoms with Crippen LogP contribution in [0.4, 0.5) is 17.3 Å². The van der Waals surface area contributed by atoms with Gasteiger partial charge in [-0.2, -0.15) is 11.8 Å². The molecule has 0 radical (unpaired) electrons. The molecule has 0 unspecified atom stereocenters. The Labute approximate surface area is 134 Å². The topological polar surface area (TPSA) is 202 Å². The Bertz CT molecular complexity index is 139. The van der Waals surface area contributed by atoms with Gasteiger partial charge in [0.2, 0.25) is 0 Å². The molecule has 0 heterocycles. The summed E-state index contributed by atoms with van der Waals surface area (Å²) in [6.07, 6.45) is 0. The maximum absolute atomic E-state index is 10.1. The van der Waals surface area contributed by atoms with Crippen LogP contribution in [0, 0.1) is 0 Å². The van der Waals surface area contributed by atoms with Crippen LogP contribution < -0.4 is 0 Å². The predicted octanol–water partition coefficient (Wildman–Crippen LogP) is -4.59. The van der Waals surface area contributed by atoms with Crippen molar-refractivity contribution in [3.8, 4) is 0 Å². The molecule has 0 aromatic rings. The van der Waals surface area contributed by atoms with Crippen molar-refractivity contribution >= 4 is 41.3 Å². The Morgan fingerprint density at radius 1 is 0.522 bits per heavy atom. The third kappa shape index (κ3) is 564. The number of halogens is 4. The highest BCUT2D eigenvalue weighted by atomic mass is 32.2. The second-order valence-electron chi connectivity index (χ2n) is 2.30. The molecule has 0 aliphatic heterocycles. The van der Waals surface area contributed by atoms with Crippen LogP contribution in [0.5, 0.6) is 0 Å². The molecule has 0 bridgehead atoms. The van der Waals surface area contributed by atoms with Gasteiger partial charge in [-0.1, -0.05) is 0 Å². The van der Waals surface area contributed by atoms with Crippen molar-refractivity contribution in [2.24, 2.45) is 0 Å². The zero-order valence-electron chi connectivity index (χ0n) is 11.5. The quantitative estimate of drug-likeness (QED) is 0.128. The van der Waals surface area contributed by atoms with E-state index in [4.69, 9.17) is 50.4 Å². The van der Waals surface area contributed by atoms with Crippen molar-refractivity contribution < 1.29 is 67.7 Å². The van der Waals surface area contributed by atoms with E-state index in [0.29, 0.717) is 0 Å². The SMILES string of the molecule is OB(O)F.OB(O)F.OB(O)F.OB(O)F.OCCSCCO. The number of rotatable bonds is 4. The molecule has 0 rings (SSSR count). The van der Waals surface area contributed by atoms with Gasteiger partial charge in [0, 0.05) is 11.5 Å². The van der Waals surface area contributed by atoms with Gasteiger partial charge in [0.1, 0.15) is 0 Å². The van der Waals surface area contributed by atoms with E-state index in [1.807, 2.05) is 0 Å². The first-order valence-electron chi connectivity index (χ1n) is 5.15. The van der Waals surface area contributed by atoms with Gasteiger partial charge in [0.05, 0.1) is 13.2 Å². The van der Waals surface area contributed by atoms with E-state index in [0.717, 1.165) is 11.5 Å². The molecule has 0 aliphatic rings. The van der Waals surface area contributed by atoms with E-state index >= 15 is 0 Å². The average Bonchev–Trinajstić information content (AvgIpc) is 2.26. The van der Waals surface area contributed by atoms with Crippen LogP contribution in [-0.4, -0.2) is 105 Å². The minimum Gasteiger partial charge on any atom is -0.398 e. The summed E-state index contributed by atoms with van der Waals surface area (Å²) in [6, 6.07) is 0. The fourth-order valence-corrected chi connectivity index (χ4v) is 0.693. The van der Waals surface area contributed by atoms with Crippen LogP contribution in [0.15, 0.2) is 0 Å². The highest BCUT2D eigenvalue weighted by Gasteiger charge is 1.98. The Morgan fingerprint density at radius 3 is 0.739 bits per heavy atom. The van der Waals surface area contributed by atoms with Crippen LogP contribution >= 0.6 is 11.8 Å². The number of aliphatic hydroxyl groups excluding tert-OH is 2. The van der Waals surface area contributed by atoms with Crippen molar-refractivity contribution in [3.05, 3.63) is 0 Å². The van der Waals surface area contributed by atoms with Crippen molar-refractivity contribution in [2.75, 3.05) is 24.7 Å². The molecule has 0 aromatic carbocycles. The van der Waals surface area contributed by atoms with Gasteiger partial charge in [-0.25, -0.2) is 0 Å². The summed E-state index contributed by atoms with van der Waals surface area (Å²) in [4.78, 5) is 0. The molecule has 0 saturated carbocycles. The van der Waals surface area contributed by atoms with E-state index < -0.39 is 29.6 Å². The molecule has 140 valence electrons. The number of aliphatic hydroxyl groups is 2. The molecule has 0 aliphatic carbocycles. The highest BCUT2D eigenvalue weighted by molar-refractivity contribution is 7.99. The number of thioether (sulfide) groups is 1. The second-order valence-corrected chi connectivity index (χ2v) is 3.53. The molecule has 0 atom stereocenters. The van der Waals surface area contributed by atoms with Gasteiger partial charge >= 0.3 is 29.6 Å². The first-order valence-corrected chi connectivity index (χ1v) is 6.30. The summed E-state index contributed by atoms with van der Waals surface area (Å²) < 4.78 is 40.4. The highest BCUT2D eigenvalue weighted by Crippen LogP contribution is 1.94. The van der Waals surface area contributed by atoms with Crippen LogP contribution in [0.1, 0.15) is 0 Å². The zero-order chi connectivity index (χ0) is 19.8. The van der Waals surface area contributed by atoms with Gasteiger partial charge < -0.3 is 50.4 Å². The predicted molar refractivity (Wildman–Crippen MR) is 76.7 cm³/mol. The van der Waals surface area contributed by atoms with Crippen LogP contribution in [0.25, 0.3) is 0 Å². The Hall–Kier alpha value is -0.0703. The van der Waals surface area contributed by atoms with E-state index in [2.05, 4.69) is 0 Å². The van der Waals surface area contributed by atoms with E-state index in [9.17, 15) is 17.3 Å². The lowest BCUT2D eigenvalue weighted by atomic mass is 10.3. The number of hydrogen-bond acceptors (Lipinski definition) is 11. The van der Waals surface area contributed by atoms with E-state index in [1.54, 1.807) is 11.8 Å². The molecule has 0 amide bonds. The third-order valence-electron chi connectivity index (χ3n) is 0.471. The fraction of sp³-hybridized carbons (Fsp3) is 1.00. The molecular formula is C4H18B4F4O10S. The van der Waals surface area contributed by atoms with Gasteiger partial charge in [-0.3, -0.25) is 17.3 Å². The maximum Gasteiger partial charge on any atom is 0.674 e. The fourth-order valence-electron chi connectivity index (χ4n) is 0.231. The van der Waals surface area contributed by atoms with Gasteiger partial charge in [0.15, 0.2) is 0 Å². The first kappa shape index (κ1) is 34.3. The molecular weight excluding hydrogens is 359 g/mol. The molecule has 10 N–H and O–H groups in total. The molecule has 0 spiro atoms. The van der Waals surface area contributed by atoms with Crippen LogP contribution in [0.2, 0.25) is 0 Å². The molecule has 10 nitrogen and oxygen atoms in total. The van der Waals surface area contributed by atoms with E-state index in [1.165, 1.54) is 0 Å². The minimum atomic E-state index is -2.67. The zero-order valence-corrected chi connectivity index (χ0v) is 12.3. The Balaban J connectivity index is -0.0000000604. The van der Waals surface area contributed by atoms with Crippen LogP contribution in [-0.2, 0) is 0 Å². The summed E-state index contributed by atoms with van der Waals surface area (Å²) in [5.74, 6) is 1.47. The van der Waals surface area contributed by atoms with E-state index in [-0.39, 0.29) is 13.2 Å². The first-order chi connectivity index (χ1) is 10.3.